The maximum Gasteiger partial charge on any atom is 0.264 e. The quantitative estimate of drug-likeness (QED) is 0.315. The third kappa shape index (κ3) is 7.42. The molecule has 0 radical (unpaired) electrons. The zero-order valence-corrected chi connectivity index (χ0v) is 25.2. The lowest BCUT2D eigenvalue weighted by Gasteiger charge is -2.32. The standard InChI is InChI=1S/C32H39N3O6S/c1-24(32(37)33-26-14-10-11-15-26)34(21-20-25-12-6-4-7-13-25)31(36)23-35(42(38,39)28-16-8-5-9-17-28)27-18-19-29(40-2)30(22-27)41-3/h4-9,12-13,16-19,22,24,26H,10-11,14-15,20-21,23H2,1-3H3,(H,33,37). The number of sulfonamides is 1. The van der Waals surface area contributed by atoms with Crippen LogP contribution in [-0.4, -0.2) is 64.5 Å². The first-order valence-corrected chi connectivity index (χ1v) is 15.6. The van der Waals surface area contributed by atoms with Crippen molar-refractivity contribution < 1.29 is 27.5 Å². The lowest BCUT2D eigenvalue weighted by Crippen LogP contribution is -2.53. The van der Waals surface area contributed by atoms with Gasteiger partial charge < -0.3 is 19.7 Å². The molecule has 0 heterocycles. The fourth-order valence-corrected chi connectivity index (χ4v) is 6.62. The molecule has 1 unspecified atom stereocenters. The van der Waals surface area contributed by atoms with E-state index in [9.17, 15) is 18.0 Å². The predicted molar refractivity (Wildman–Crippen MR) is 162 cm³/mol. The molecule has 224 valence electrons. The molecule has 10 heteroatoms. The van der Waals surface area contributed by atoms with E-state index < -0.39 is 28.5 Å². The molecular weight excluding hydrogens is 554 g/mol. The SMILES string of the molecule is COc1ccc(N(CC(=O)N(CCc2ccccc2)C(C)C(=O)NC2CCCC2)S(=O)(=O)c2ccccc2)cc1OC. The first-order valence-electron chi connectivity index (χ1n) is 14.2. The maximum atomic E-state index is 14.1. The molecule has 1 aliphatic carbocycles. The molecule has 1 fully saturated rings. The van der Waals surface area contributed by atoms with Crippen molar-refractivity contribution >= 4 is 27.5 Å². The van der Waals surface area contributed by atoms with Gasteiger partial charge in [-0.1, -0.05) is 61.4 Å². The highest BCUT2D eigenvalue weighted by molar-refractivity contribution is 7.92. The Morgan fingerprint density at radius 1 is 0.905 bits per heavy atom. The van der Waals surface area contributed by atoms with Crippen molar-refractivity contribution in [3.8, 4) is 11.5 Å². The number of hydrogen-bond acceptors (Lipinski definition) is 6. The summed E-state index contributed by atoms with van der Waals surface area (Å²) in [7, 11) is -1.22. The summed E-state index contributed by atoms with van der Waals surface area (Å²) >= 11 is 0. The third-order valence-electron chi connectivity index (χ3n) is 7.62. The molecule has 0 aromatic heterocycles. The van der Waals surface area contributed by atoms with Crippen LogP contribution in [0.1, 0.15) is 38.2 Å². The molecule has 42 heavy (non-hydrogen) atoms. The van der Waals surface area contributed by atoms with E-state index in [0.29, 0.717) is 17.9 Å². The van der Waals surface area contributed by atoms with E-state index in [-0.39, 0.29) is 29.1 Å². The molecule has 2 amide bonds. The number of carbonyl (C=O) groups excluding carboxylic acids is 2. The Balaban J connectivity index is 1.68. The zero-order valence-electron chi connectivity index (χ0n) is 24.4. The Morgan fingerprint density at radius 2 is 1.52 bits per heavy atom. The summed E-state index contributed by atoms with van der Waals surface area (Å²) in [6.45, 7) is 1.43. The van der Waals surface area contributed by atoms with Crippen molar-refractivity contribution in [2.45, 2.75) is 56.0 Å². The van der Waals surface area contributed by atoms with Crippen molar-refractivity contribution in [3.63, 3.8) is 0 Å². The van der Waals surface area contributed by atoms with Crippen molar-refractivity contribution in [1.29, 1.82) is 0 Å². The average Bonchev–Trinajstić information content (AvgIpc) is 3.53. The van der Waals surface area contributed by atoms with Gasteiger partial charge >= 0.3 is 0 Å². The van der Waals surface area contributed by atoms with Gasteiger partial charge in [-0.05, 0) is 56.0 Å². The second kappa shape index (κ2) is 14.2. The first kappa shape index (κ1) is 30.9. The number of rotatable bonds is 13. The number of nitrogens with one attached hydrogen (secondary N) is 1. The Morgan fingerprint density at radius 3 is 2.14 bits per heavy atom. The summed E-state index contributed by atoms with van der Waals surface area (Å²) in [6.07, 6.45) is 4.47. The molecule has 1 atom stereocenters. The number of benzene rings is 3. The van der Waals surface area contributed by atoms with Crippen LogP contribution in [0.5, 0.6) is 11.5 Å². The number of hydrogen-bond donors (Lipinski definition) is 1. The lowest BCUT2D eigenvalue weighted by molar-refractivity contribution is -0.139. The summed E-state index contributed by atoms with van der Waals surface area (Å²) < 4.78 is 39.7. The van der Waals surface area contributed by atoms with Crippen LogP contribution >= 0.6 is 0 Å². The summed E-state index contributed by atoms with van der Waals surface area (Å²) in [5, 5.41) is 3.09. The van der Waals surface area contributed by atoms with Gasteiger partial charge in [-0.15, -0.1) is 0 Å². The highest BCUT2D eigenvalue weighted by Gasteiger charge is 2.33. The number of ether oxygens (including phenoxy) is 2. The Hall–Kier alpha value is -4.05. The first-order chi connectivity index (χ1) is 20.2. The molecular formula is C32H39N3O6S. The molecule has 1 aliphatic rings. The smallest absolute Gasteiger partial charge is 0.264 e. The fraction of sp³-hybridized carbons (Fsp3) is 0.375. The van der Waals surface area contributed by atoms with Crippen molar-refractivity contribution in [2.24, 2.45) is 0 Å². The number of carbonyl (C=O) groups is 2. The predicted octanol–water partition coefficient (Wildman–Crippen LogP) is 4.42. The zero-order chi connectivity index (χ0) is 30.1. The molecule has 3 aromatic carbocycles. The number of nitrogens with zero attached hydrogens (tertiary/aromatic N) is 2. The van der Waals surface area contributed by atoms with Gasteiger partial charge in [0.15, 0.2) is 11.5 Å². The van der Waals surface area contributed by atoms with Gasteiger partial charge in [0.1, 0.15) is 12.6 Å². The van der Waals surface area contributed by atoms with Crippen LogP contribution in [0, 0.1) is 0 Å². The lowest BCUT2D eigenvalue weighted by atomic mass is 10.1. The van der Waals surface area contributed by atoms with E-state index in [2.05, 4.69) is 5.32 Å². The fourth-order valence-electron chi connectivity index (χ4n) is 5.19. The van der Waals surface area contributed by atoms with Crippen LogP contribution in [0.25, 0.3) is 0 Å². The minimum atomic E-state index is -4.17. The minimum Gasteiger partial charge on any atom is -0.493 e. The van der Waals surface area contributed by atoms with Crippen LogP contribution in [0.3, 0.4) is 0 Å². The largest absolute Gasteiger partial charge is 0.493 e. The van der Waals surface area contributed by atoms with Gasteiger partial charge in [0.25, 0.3) is 10.0 Å². The van der Waals surface area contributed by atoms with Gasteiger partial charge in [0.05, 0.1) is 24.8 Å². The molecule has 4 rings (SSSR count). The summed E-state index contributed by atoms with van der Waals surface area (Å²) in [4.78, 5) is 28.9. The maximum absolute atomic E-state index is 14.1. The van der Waals surface area contributed by atoms with Crippen LogP contribution in [-0.2, 0) is 26.0 Å². The van der Waals surface area contributed by atoms with Crippen LogP contribution < -0.4 is 19.1 Å². The Kier molecular flexibility index (Phi) is 10.5. The summed E-state index contributed by atoms with van der Waals surface area (Å²) in [5.41, 5.74) is 1.24. The topological polar surface area (TPSA) is 105 Å². The Labute approximate surface area is 248 Å². The van der Waals surface area contributed by atoms with E-state index in [1.54, 1.807) is 37.3 Å². The summed E-state index contributed by atoms with van der Waals surface area (Å²) in [5.74, 6) is 0.00784. The van der Waals surface area contributed by atoms with E-state index in [0.717, 1.165) is 35.6 Å². The second-order valence-electron chi connectivity index (χ2n) is 10.4. The van der Waals surface area contributed by atoms with Gasteiger partial charge in [-0.25, -0.2) is 8.42 Å². The molecule has 0 bridgehead atoms. The monoisotopic (exact) mass is 593 g/mol. The molecule has 1 N–H and O–H groups in total. The average molecular weight is 594 g/mol. The van der Waals surface area contributed by atoms with E-state index in [4.69, 9.17) is 9.47 Å². The molecule has 0 aliphatic heterocycles. The van der Waals surface area contributed by atoms with Gasteiger partial charge in [-0.2, -0.15) is 0 Å². The number of methoxy groups -OCH3 is 2. The minimum absolute atomic E-state index is 0.0374. The third-order valence-corrected chi connectivity index (χ3v) is 9.41. The number of anilines is 1. The molecule has 9 nitrogen and oxygen atoms in total. The van der Waals surface area contributed by atoms with Gasteiger partial charge in [0.2, 0.25) is 11.8 Å². The Bertz CT molecular complexity index is 1440. The normalized spacial score (nSPS) is 14.2. The van der Waals surface area contributed by atoms with Crippen LogP contribution in [0.15, 0.2) is 83.8 Å². The van der Waals surface area contributed by atoms with E-state index in [1.165, 1.54) is 37.3 Å². The summed E-state index contributed by atoms with van der Waals surface area (Å²) in [6, 6.07) is 21.6. The number of amides is 2. The van der Waals surface area contributed by atoms with Crippen molar-refractivity contribution in [3.05, 3.63) is 84.4 Å². The van der Waals surface area contributed by atoms with E-state index >= 15 is 0 Å². The van der Waals surface area contributed by atoms with Crippen LogP contribution in [0.4, 0.5) is 5.69 Å². The van der Waals surface area contributed by atoms with Gasteiger partial charge in [0, 0.05) is 18.7 Å². The molecule has 0 saturated heterocycles. The van der Waals surface area contributed by atoms with Crippen LogP contribution in [0.2, 0.25) is 0 Å². The second-order valence-corrected chi connectivity index (χ2v) is 12.2. The molecule has 1 saturated carbocycles. The van der Waals surface area contributed by atoms with E-state index in [1.807, 2.05) is 30.3 Å². The highest BCUT2D eigenvalue weighted by atomic mass is 32.2. The molecule has 0 spiro atoms. The van der Waals surface area contributed by atoms with Crippen molar-refractivity contribution in [2.75, 3.05) is 31.6 Å². The highest BCUT2D eigenvalue weighted by Crippen LogP contribution is 2.34. The van der Waals surface area contributed by atoms with Gasteiger partial charge in [-0.3, -0.25) is 13.9 Å². The van der Waals surface area contributed by atoms with Crippen molar-refractivity contribution in [1.82, 2.24) is 10.2 Å². The molecule has 3 aromatic rings.